The van der Waals surface area contributed by atoms with E-state index in [1.54, 1.807) is 16.2 Å². The van der Waals surface area contributed by atoms with Gasteiger partial charge in [-0.05, 0) is 53.3 Å². The van der Waals surface area contributed by atoms with Crippen molar-refractivity contribution < 1.29 is 33.0 Å². The van der Waals surface area contributed by atoms with E-state index in [1.807, 2.05) is 24.4 Å². The van der Waals surface area contributed by atoms with Crippen LogP contribution in [-0.2, 0) is 4.79 Å². The molecule has 0 aliphatic heterocycles. The minimum Gasteiger partial charge on any atom is -0.475 e. The molecule has 9 heteroatoms. The van der Waals surface area contributed by atoms with Crippen LogP contribution >= 0.6 is 11.3 Å². The fourth-order valence-corrected chi connectivity index (χ4v) is 3.83. The van der Waals surface area contributed by atoms with Gasteiger partial charge in [0.2, 0.25) is 0 Å². The molecule has 0 radical (unpaired) electrons. The third kappa shape index (κ3) is 8.90. The fourth-order valence-electron chi connectivity index (χ4n) is 3.17. The summed E-state index contributed by atoms with van der Waals surface area (Å²) < 4.78 is 31.7. The molecule has 1 aromatic carbocycles. The summed E-state index contributed by atoms with van der Waals surface area (Å²) in [6.45, 7) is 6.94. The molecule has 0 aliphatic rings. The summed E-state index contributed by atoms with van der Waals surface area (Å²) in [4.78, 5) is 22.5. The van der Waals surface area contributed by atoms with E-state index >= 15 is 0 Å². The highest BCUT2D eigenvalue weighted by atomic mass is 32.1. The van der Waals surface area contributed by atoms with E-state index in [4.69, 9.17) is 9.90 Å². The van der Waals surface area contributed by atoms with Gasteiger partial charge >= 0.3 is 18.2 Å². The summed E-state index contributed by atoms with van der Waals surface area (Å²) >= 11 is 1.63. The number of rotatable bonds is 9. The van der Waals surface area contributed by atoms with Gasteiger partial charge in [-0.3, -0.25) is 4.90 Å². The molecule has 1 atom stereocenters. The Kier molecular flexibility index (Phi) is 11.3. The molecule has 32 heavy (non-hydrogen) atoms. The first kappa shape index (κ1) is 27.5. The van der Waals surface area contributed by atoms with Crippen LogP contribution in [0.4, 0.5) is 23.7 Å². The Bertz CT molecular complexity index is 853. The Labute approximate surface area is 190 Å². The van der Waals surface area contributed by atoms with Crippen molar-refractivity contribution in [1.82, 2.24) is 0 Å². The third-order valence-corrected chi connectivity index (χ3v) is 5.67. The van der Waals surface area contributed by atoms with Crippen molar-refractivity contribution in [3.63, 3.8) is 0 Å². The molecule has 1 heterocycles. The zero-order chi connectivity index (χ0) is 24.3. The molecule has 1 amide bonds. The molecule has 0 saturated carbocycles. The van der Waals surface area contributed by atoms with Crippen LogP contribution in [0.15, 0.2) is 35.0 Å². The van der Waals surface area contributed by atoms with Gasteiger partial charge in [0, 0.05) is 12.1 Å². The number of alkyl halides is 3. The van der Waals surface area contributed by atoms with Crippen LogP contribution in [0.5, 0.6) is 0 Å². The highest BCUT2D eigenvalue weighted by molar-refractivity contribution is 7.08. The number of hydrogen-bond acceptors (Lipinski definition) is 3. The smallest absolute Gasteiger partial charge is 0.475 e. The van der Waals surface area contributed by atoms with Gasteiger partial charge in [0.25, 0.3) is 0 Å². The van der Waals surface area contributed by atoms with Gasteiger partial charge in [-0.1, -0.05) is 51.7 Å². The molecule has 2 aromatic rings. The van der Waals surface area contributed by atoms with Crippen LogP contribution in [0.2, 0.25) is 0 Å². The Morgan fingerprint density at radius 1 is 1.12 bits per heavy atom. The van der Waals surface area contributed by atoms with E-state index in [1.165, 1.54) is 19.3 Å². The van der Waals surface area contributed by atoms with E-state index in [-0.39, 0.29) is 0 Å². The average Bonchev–Trinajstić information content (AvgIpc) is 3.24. The first-order valence-electron chi connectivity index (χ1n) is 10.4. The summed E-state index contributed by atoms with van der Waals surface area (Å²) in [6, 6.07) is 8.15. The number of benzene rings is 1. The Hall–Kier alpha value is -2.55. The second kappa shape index (κ2) is 13.1. The molecule has 178 valence electrons. The molecular formula is C23H30F3NO4S. The molecule has 0 bridgehead atoms. The molecular weight excluding hydrogens is 443 g/mol. The topological polar surface area (TPSA) is 77.8 Å². The van der Waals surface area contributed by atoms with Crippen molar-refractivity contribution in [1.29, 1.82) is 0 Å². The number of thiophene rings is 1. The predicted molar refractivity (Wildman–Crippen MR) is 121 cm³/mol. The number of carboxylic acid groups (broad SMARTS) is 2. The number of carbonyl (C=O) groups is 2. The minimum absolute atomic E-state index is 0.401. The molecule has 0 aliphatic carbocycles. The summed E-state index contributed by atoms with van der Waals surface area (Å²) in [7, 11) is 0. The van der Waals surface area contributed by atoms with Crippen LogP contribution in [0, 0.1) is 12.8 Å². The Balaban J connectivity index is 0.000000633. The van der Waals surface area contributed by atoms with Crippen LogP contribution < -0.4 is 4.90 Å². The molecule has 0 spiro atoms. The summed E-state index contributed by atoms with van der Waals surface area (Å²) in [5.41, 5.74) is 3.97. The minimum atomic E-state index is -5.08. The molecule has 5 nitrogen and oxygen atoms in total. The molecule has 2 N–H and O–H groups in total. The number of anilines is 1. The summed E-state index contributed by atoms with van der Waals surface area (Å²) in [6.07, 6.45) is -0.266. The Morgan fingerprint density at radius 3 is 2.25 bits per heavy atom. The fraction of sp³-hybridized carbons (Fsp3) is 0.478. The van der Waals surface area contributed by atoms with Crippen molar-refractivity contribution in [3.8, 4) is 11.1 Å². The van der Waals surface area contributed by atoms with E-state index in [2.05, 4.69) is 31.4 Å². The average molecular weight is 474 g/mol. The standard InChI is InChI=1S/C21H29NO2S.C2HF3O2/c1-4-6-7-8-17(5-2)14-22(21(23)24)20-13-16(3)9-10-19(20)18-11-12-25-15-18;3-2(4,5)1(6)7/h9-13,15,17H,4-8,14H2,1-3H3,(H,23,24);(H,6,7). The number of halogens is 3. The van der Waals surface area contributed by atoms with Gasteiger partial charge in [0.15, 0.2) is 0 Å². The maximum atomic E-state index is 12.0. The highest BCUT2D eigenvalue weighted by Crippen LogP contribution is 2.34. The van der Waals surface area contributed by atoms with E-state index in [0.29, 0.717) is 12.5 Å². The van der Waals surface area contributed by atoms with Gasteiger partial charge in [0.1, 0.15) is 0 Å². The maximum Gasteiger partial charge on any atom is 0.490 e. The van der Waals surface area contributed by atoms with Gasteiger partial charge < -0.3 is 10.2 Å². The quantitative estimate of drug-likeness (QED) is 0.371. The van der Waals surface area contributed by atoms with Crippen molar-refractivity contribution in [2.75, 3.05) is 11.4 Å². The predicted octanol–water partition coefficient (Wildman–Crippen LogP) is 7.45. The van der Waals surface area contributed by atoms with Gasteiger partial charge in [0.05, 0.1) is 5.69 Å². The van der Waals surface area contributed by atoms with Crippen LogP contribution in [0.3, 0.4) is 0 Å². The lowest BCUT2D eigenvalue weighted by atomic mass is 9.96. The number of unbranched alkanes of at least 4 members (excludes halogenated alkanes) is 2. The van der Waals surface area contributed by atoms with Crippen LogP contribution in [0.25, 0.3) is 11.1 Å². The third-order valence-electron chi connectivity index (χ3n) is 4.98. The summed E-state index contributed by atoms with van der Waals surface area (Å²) in [5.74, 6) is -2.36. The zero-order valence-electron chi connectivity index (χ0n) is 18.5. The second-order valence-corrected chi connectivity index (χ2v) is 8.28. The number of carboxylic acids is 1. The number of aryl methyl sites for hydroxylation is 1. The van der Waals surface area contributed by atoms with Crippen molar-refractivity contribution >= 4 is 29.1 Å². The zero-order valence-corrected chi connectivity index (χ0v) is 19.3. The molecule has 0 fully saturated rings. The van der Waals surface area contributed by atoms with Crippen molar-refractivity contribution in [2.45, 2.75) is 59.1 Å². The number of aliphatic carboxylic acids is 1. The van der Waals surface area contributed by atoms with Crippen LogP contribution in [0.1, 0.15) is 51.5 Å². The molecule has 1 aromatic heterocycles. The Morgan fingerprint density at radius 2 is 1.78 bits per heavy atom. The van der Waals surface area contributed by atoms with Gasteiger partial charge in [-0.25, -0.2) is 9.59 Å². The monoisotopic (exact) mass is 473 g/mol. The number of hydrogen-bond donors (Lipinski definition) is 2. The lowest BCUT2D eigenvalue weighted by molar-refractivity contribution is -0.192. The largest absolute Gasteiger partial charge is 0.490 e. The van der Waals surface area contributed by atoms with E-state index in [9.17, 15) is 23.1 Å². The van der Waals surface area contributed by atoms with Gasteiger partial charge in [-0.15, -0.1) is 0 Å². The molecule has 2 rings (SSSR count). The van der Waals surface area contributed by atoms with E-state index in [0.717, 1.165) is 35.2 Å². The van der Waals surface area contributed by atoms with Crippen molar-refractivity contribution in [2.24, 2.45) is 5.92 Å². The van der Waals surface area contributed by atoms with Gasteiger partial charge in [-0.2, -0.15) is 24.5 Å². The number of amides is 1. The normalized spacial score (nSPS) is 11.9. The van der Waals surface area contributed by atoms with Crippen LogP contribution in [-0.4, -0.2) is 35.0 Å². The summed E-state index contributed by atoms with van der Waals surface area (Å²) in [5, 5.41) is 21.1. The molecule has 1 unspecified atom stereocenters. The first-order chi connectivity index (χ1) is 15.0. The molecule has 0 saturated heterocycles. The lowest BCUT2D eigenvalue weighted by Gasteiger charge is -2.27. The first-order valence-corrected chi connectivity index (χ1v) is 11.4. The highest BCUT2D eigenvalue weighted by Gasteiger charge is 2.38. The van der Waals surface area contributed by atoms with E-state index < -0.39 is 18.2 Å². The lowest BCUT2D eigenvalue weighted by Crippen LogP contribution is -2.34. The maximum absolute atomic E-state index is 12.0. The second-order valence-electron chi connectivity index (χ2n) is 7.50. The SMILES string of the molecule is CCCCCC(CC)CN(C(=O)O)c1cc(C)ccc1-c1ccsc1.O=C(O)C(F)(F)F. The van der Waals surface area contributed by atoms with Crippen molar-refractivity contribution in [3.05, 3.63) is 40.6 Å². The number of nitrogens with zero attached hydrogens (tertiary/aromatic N) is 1.